The molecule has 1 aliphatic rings. The molecule has 1 aromatic carbocycles. The highest BCUT2D eigenvalue weighted by Crippen LogP contribution is 2.20. The molecule has 1 heterocycles. The summed E-state index contributed by atoms with van der Waals surface area (Å²) in [5, 5.41) is 0. The Hall–Kier alpha value is -0.860. The van der Waals surface area contributed by atoms with Gasteiger partial charge in [-0.25, -0.2) is 0 Å². The highest BCUT2D eigenvalue weighted by molar-refractivity contribution is 5.37. The van der Waals surface area contributed by atoms with Gasteiger partial charge in [-0.3, -0.25) is 4.90 Å². The van der Waals surface area contributed by atoms with Gasteiger partial charge in [0.1, 0.15) is 0 Å². The Bertz CT molecular complexity index is 342. The lowest BCUT2D eigenvalue weighted by molar-refractivity contribution is 0.142. The second kappa shape index (κ2) is 3.95. The van der Waals surface area contributed by atoms with Crippen LogP contribution in [0.15, 0.2) is 12.1 Å². The minimum atomic E-state index is 0.399. The maximum Gasteiger partial charge on any atom is 0.0297 e. The van der Waals surface area contributed by atoms with Crippen LogP contribution in [0, 0.1) is 20.8 Å². The summed E-state index contributed by atoms with van der Waals surface area (Å²) in [7, 11) is 0. The molecule has 1 saturated heterocycles. The molecule has 0 saturated carbocycles. The molecule has 2 rings (SSSR count). The van der Waals surface area contributed by atoms with E-state index in [1.165, 1.54) is 22.3 Å². The van der Waals surface area contributed by atoms with Crippen LogP contribution in [-0.2, 0) is 6.54 Å². The van der Waals surface area contributed by atoms with Crippen LogP contribution in [0.2, 0.25) is 0 Å². The molecule has 0 aromatic heterocycles. The van der Waals surface area contributed by atoms with Crippen molar-refractivity contribution in [3.8, 4) is 0 Å². The zero-order chi connectivity index (χ0) is 11.0. The van der Waals surface area contributed by atoms with Crippen molar-refractivity contribution in [3.63, 3.8) is 0 Å². The third-order valence-electron chi connectivity index (χ3n) is 3.21. The van der Waals surface area contributed by atoms with E-state index in [4.69, 9.17) is 5.73 Å². The zero-order valence-corrected chi connectivity index (χ0v) is 9.88. The van der Waals surface area contributed by atoms with E-state index in [9.17, 15) is 0 Å². The van der Waals surface area contributed by atoms with Crippen molar-refractivity contribution >= 4 is 0 Å². The second-order valence-corrected chi connectivity index (χ2v) is 4.83. The van der Waals surface area contributed by atoms with Gasteiger partial charge < -0.3 is 5.73 Å². The molecule has 0 atom stereocenters. The van der Waals surface area contributed by atoms with E-state index in [1.54, 1.807) is 0 Å². The third kappa shape index (κ3) is 2.21. The average molecular weight is 204 g/mol. The fourth-order valence-electron chi connectivity index (χ4n) is 2.42. The molecule has 1 fully saturated rings. The molecule has 0 aliphatic carbocycles. The summed E-state index contributed by atoms with van der Waals surface area (Å²) in [4.78, 5) is 2.41. The van der Waals surface area contributed by atoms with Crippen molar-refractivity contribution in [1.29, 1.82) is 0 Å². The lowest BCUT2D eigenvalue weighted by atomic mass is 9.98. The standard InChI is InChI=1S/C13H20N2/c1-9-4-10(2)13(11(3)5-9)8-15-6-12(14)7-15/h4-5,12H,6-8,14H2,1-3H3. The largest absolute Gasteiger partial charge is 0.325 e. The topological polar surface area (TPSA) is 29.3 Å². The van der Waals surface area contributed by atoms with Crippen LogP contribution in [0.5, 0.6) is 0 Å². The molecule has 1 aliphatic heterocycles. The maximum absolute atomic E-state index is 5.78. The van der Waals surface area contributed by atoms with Crippen molar-refractivity contribution in [2.24, 2.45) is 5.73 Å². The summed E-state index contributed by atoms with van der Waals surface area (Å²) in [5.74, 6) is 0. The molecule has 0 radical (unpaired) electrons. The van der Waals surface area contributed by atoms with E-state index in [-0.39, 0.29) is 0 Å². The Labute approximate surface area is 92.1 Å². The second-order valence-electron chi connectivity index (χ2n) is 4.83. The quantitative estimate of drug-likeness (QED) is 0.795. The number of aryl methyl sites for hydroxylation is 3. The molecule has 0 spiro atoms. The van der Waals surface area contributed by atoms with Gasteiger partial charge in [0, 0.05) is 25.7 Å². The van der Waals surface area contributed by atoms with Gasteiger partial charge >= 0.3 is 0 Å². The molecular formula is C13H20N2. The molecule has 0 amide bonds. The van der Waals surface area contributed by atoms with E-state index in [0.29, 0.717) is 6.04 Å². The normalized spacial score (nSPS) is 17.9. The van der Waals surface area contributed by atoms with Gasteiger partial charge in [0.25, 0.3) is 0 Å². The molecule has 2 N–H and O–H groups in total. The van der Waals surface area contributed by atoms with Gasteiger partial charge in [-0.15, -0.1) is 0 Å². The lowest BCUT2D eigenvalue weighted by Crippen LogP contribution is -2.55. The number of hydrogen-bond donors (Lipinski definition) is 1. The summed E-state index contributed by atoms with van der Waals surface area (Å²) in [6, 6.07) is 4.93. The van der Waals surface area contributed by atoms with E-state index in [1.807, 2.05) is 0 Å². The van der Waals surface area contributed by atoms with Gasteiger partial charge in [0.2, 0.25) is 0 Å². The first-order valence-corrected chi connectivity index (χ1v) is 5.61. The van der Waals surface area contributed by atoms with E-state index in [2.05, 4.69) is 37.8 Å². The van der Waals surface area contributed by atoms with Gasteiger partial charge in [0.15, 0.2) is 0 Å². The fraction of sp³-hybridized carbons (Fsp3) is 0.538. The Balaban J connectivity index is 2.14. The molecule has 0 unspecified atom stereocenters. The smallest absolute Gasteiger partial charge is 0.0297 e. The summed E-state index contributed by atoms with van der Waals surface area (Å²) in [6.45, 7) is 9.72. The Morgan fingerprint density at radius 1 is 1.20 bits per heavy atom. The summed E-state index contributed by atoms with van der Waals surface area (Å²) in [5.41, 5.74) is 11.4. The lowest BCUT2D eigenvalue weighted by Gasteiger charge is -2.37. The molecule has 0 bridgehead atoms. The van der Waals surface area contributed by atoms with Crippen molar-refractivity contribution in [2.75, 3.05) is 13.1 Å². The summed E-state index contributed by atoms with van der Waals surface area (Å²) < 4.78 is 0. The van der Waals surface area contributed by atoms with Crippen LogP contribution in [0.25, 0.3) is 0 Å². The Morgan fingerprint density at radius 3 is 2.20 bits per heavy atom. The van der Waals surface area contributed by atoms with Gasteiger partial charge in [-0.1, -0.05) is 17.7 Å². The van der Waals surface area contributed by atoms with Crippen molar-refractivity contribution in [1.82, 2.24) is 4.90 Å². The first-order chi connectivity index (χ1) is 7.06. The molecular weight excluding hydrogens is 184 g/mol. The Kier molecular flexibility index (Phi) is 2.81. The third-order valence-corrected chi connectivity index (χ3v) is 3.21. The minimum Gasteiger partial charge on any atom is -0.325 e. The van der Waals surface area contributed by atoms with Crippen molar-refractivity contribution in [2.45, 2.75) is 33.4 Å². The number of nitrogens with two attached hydrogens (primary N) is 1. The molecule has 2 nitrogen and oxygen atoms in total. The van der Waals surface area contributed by atoms with Crippen LogP contribution in [0.3, 0.4) is 0 Å². The van der Waals surface area contributed by atoms with Crippen LogP contribution in [0.1, 0.15) is 22.3 Å². The van der Waals surface area contributed by atoms with E-state index < -0.39 is 0 Å². The predicted molar refractivity (Wildman–Crippen MR) is 63.9 cm³/mol. The highest BCUT2D eigenvalue weighted by Gasteiger charge is 2.23. The SMILES string of the molecule is Cc1cc(C)c(CN2CC(N)C2)c(C)c1. The number of likely N-dealkylation sites (tertiary alicyclic amines) is 1. The molecule has 1 aromatic rings. The summed E-state index contributed by atoms with van der Waals surface area (Å²) >= 11 is 0. The first-order valence-electron chi connectivity index (χ1n) is 5.61. The zero-order valence-electron chi connectivity index (χ0n) is 9.88. The van der Waals surface area contributed by atoms with Crippen LogP contribution in [-0.4, -0.2) is 24.0 Å². The van der Waals surface area contributed by atoms with Crippen LogP contribution < -0.4 is 5.73 Å². The molecule has 2 heteroatoms. The predicted octanol–water partition coefficient (Wildman–Crippen LogP) is 1.75. The van der Waals surface area contributed by atoms with Crippen molar-refractivity contribution in [3.05, 3.63) is 34.4 Å². The van der Waals surface area contributed by atoms with E-state index in [0.717, 1.165) is 19.6 Å². The minimum absolute atomic E-state index is 0.399. The number of hydrogen-bond acceptors (Lipinski definition) is 2. The monoisotopic (exact) mass is 204 g/mol. The van der Waals surface area contributed by atoms with Gasteiger partial charge in [-0.05, 0) is 37.5 Å². The maximum atomic E-state index is 5.78. The Morgan fingerprint density at radius 2 is 1.73 bits per heavy atom. The van der Waals surface area contributed by atoms with Crippen molar-refractivity contribution < 1.29 is 0 Å². The summed E-state index contributed by atoms with van der Waals surface area (Å²) in [6.07, 6.45) is 0. The van der Waals surface area contributed by atoms with Gasteiger partial charge in [0.05, 0.1) is 0 Å². The molecule has 15 heavy (non-hydrogen) atoms. The fourth-order valence-corrected chi connectivity index (χ4v) is 2.42. The average Bonchev–Trinajstić information content (AvgIpc) is 2.07. The first kappa shape index (κ1) is 10.7. The number of benzene rings is 1. The van der Waals surface area contributed by atoms with Crippen LogP contribution >= 0.6 is 0 Å². The highest BCUT2D eigenvalue weighted by atomic mass is 15.2. The number of rotatable bonds is 2. The molecule has 82 valence electrons. The van der Waals surface area contributed by atoms with E-state index >= 15 is 0 Å². The number of nitrogens with zero attached hydrogens (tertiary/aromatic N) is 1. The van der Waals surface area contributed by atoms with Gasteiger partial charge in [-0.2, -0.15) is 0 Å². The van der Waals surface area contributed by atoms with Crippen LogP contribution in [0.4, 0.5) is 0 Å².